The average Bonchev–Trinajstić information content (AvgIpc) is 3.80. The molecule has 23 heteroatoms. The van der Waals surface area contributed by atoms with E-state index in [4.69, 9.17) is 9.26 Å². The number of carbonyl (C=O) groups excluding carboxylic acids is 5. The van der Waals surface area contributed by atoms with Crippen LogP contribution in [0.2, 0.25) is 0 Å². The maximum absolute atomic E-state index is 14.3. The molecule has 1 saturated heterocycles. The fourth-order valence-corrected chi connectivity index (χ4v) is 11.3. The normalized spacial score (nSPS) is 16.8. The highest BCUT2D eigenvalue weighted by atomic mass is 33.1. The number of phosphoric ester groups is 1. The molecule has 1 aliphatic heterocycles. The number of carboxylic acid groups (broad SMARTS) is 1. The molecule has 2 aromatic heterocycles. The number of amides is 4. The number of aliphatic carboxylic acids is 1. The molecule has 3 heterocycles. The molecule has 19 nitrogen and oxygen atoms in total. The van der Waals surface area contributed by atoms with Crippen molar-refractivity contribution in [3.05, 3.63) is 64.2 Å². The number of ether oxygens (including phenoxy) is 1. The van der Waals surface area contributed by atoms with E-state index in [1.54, 1.807) is 18.1 Å². The summed E-state index contributed by atoms with van der Waals surface area (Å²) in [6.07, 6.45) is 4.70. The van der Waals surface area contributed by atoms with E-state index < -0.39 is 61.7 Å². The summed E-state index contributed by atoms with van der Waals surface area (Å²) in [5.41, 5.74) is 0.415. The third-order valence-corrected chi connectivity index (χ3v) is 15.8. The van der Waals surface area contributed by atoms with E-state index in [9.17, 15) is 48.2 Å². The Morgan fingerprint density at radius 3 is 2.41 bits per heavy atom. The molecule has 386 valence electrons. The van der Waals surface area contributed by atoms with Crippen LogP contribution in [0.4, 0.5) is 5.69 Å². The van der Waals surface area contributed by atoms with Crippen LogP contribution >= 0.6 is 40.7 Å². The maximum Gasteiger partial charge on any atom is 0.524 e. The van der Waals surface area contributed by atoms with Crippen molar-refractivity contribution in [1.82, 2.24) is 30.4 Å². The Labute approximate surface area is 422 Å². The second-order valence-electron chi connectivity index (χ2n) is 18.0. The first kappa shape index (κ1) is 58.0. The lowest BCUT2D eigenvalue weighted by molar-refractivity contribution is -0.149. The van der Waals surface area contributed by atoms with Gasteiger partial charge in [0, 0.05) is 56.2 Å². The van der Waals surface area contributed by atoms with Crippen LogP contribution in [0.1, 0.15) is 120 Å². The number of carbonyl (C=O) groups is 6. The van der Waals surface area contributed by atoms with Gasteiger partial charge >= 0.3 is 19.8 Å². The Bertz CT molecular complexity index is 2290. The van der Waals surface area contributed by atoms with Gasteiger partial charge in [-0.2, -0.15) is 0 Å². The van der Waals surface area contributed by atoms with Gasteiger partial charge < -0.3 is 35.2 Å². The Hall–Kier alpha value is -4.57. The minimum atomic E-state index is -5.05. The fourth-order valence-electron chi connectivity index (χ4n) is 8.04. The summed E-state index contributed by atoms with van der Waals surface area (Å²) >= 11 is 1.08. The Morgan fingerprint density at radius 1 is 1.04 bits per heavy atom. The van der Waals surface area contributed by atoms with Crippen molar-refractivity contribution >= 4 is 82.0 Å². The van der Waals surface area contributed by atoms with Crippen molar-refractivity contribution in [2.24, 2.45) is 17.8 Å². The molecule has 7 atom stereocenters. The van der Waals surface area contributed by atoms with Gasteiger partial charge in [0.25, 0.3) is 5.91 Å². The standard InChI is InChI=1S/C47H68N7O12PS3/c1-9-29(4)42(52-44(58)36-15-11-13-21-53(36)7)46(59)54(8)37(28(2)3)26-39(65-31(6)55)45-51-35(27-68-45)43(57)49-33(23-30(5)47(60)61)24-32-18-19-38(66-67(62,63)64)34(25-32)50-40(56)16-14-22-69-70-41-17-10-12-20-48-41/h10,12,17-20,25,27-30,33,36-37,39,42H,9,11,13-16,21-24,26H2,1-8H3,(H,49,57)(H,50,56)(H,52,58)(H,60,61)(H2,62,63,64)/t29-,30?,33+,36+,37+,39+,42-/m0/s1. The molecule has 0 bridgehead atoms. The number of aromatic nitrogens is 2. The molecule has 0 saturated carbocycles. The molecule has 1 aromatic carbocycles. The summed E-state index contributed by atoms with van der Waals surface area (Å²) in [6, 6.07) is 7.34. The highest BCUT2D eigenvalue weighted by Crippen LogP contribution is 2.42. The van der Waals surface area contributed by atoms with E-state index in [-0.39, 0.29) is 72.5 Å². The second-order valence-corrected chi connectivity index (χ2v) is 22.5. The van der Waals surface area contributed by atoms with Crippen LogP contribution in [0.25, 0.3) is 0 Å². The number of pyridine rings is 1. The summed E-state index contributed by atoms with van der Waals surface area (Å²) in [4.78, 5) is 111. The van der Waals surface area contributed by atoms with Crippen LogP contribution in [-0.2, 0) is 39.7 Å². The number of phosphoric acid groups is 1. The van der Waals surface area contributed by atoms with Gasteiger partial charge in [0.2, 0.25) is 17.7 Å². The lowest BCUT2D eigenvalue weighted by Gasteiger charge is -2.38. The minimum absolute atomic E-state index is 0.0298. The third kappa shape index (κ3) is 18.6. The zero-order valence-electron chi connectivity index (χ0n) is 41.0. The summed E-state index contributed by atoms with van der Waals surface area (Å²) in [7, 11) is 1.53. The summed E-state index contributed by atoms with van der Waals surface area (Å²) in [5.74, 6) is -4.16. The number of anilines is 1. The predicted octanol–water partition coefficient (Wildman–Crippen LogP) is 7.11. The Morgan fingerprint density at radius 2 is 1.79 bits per heavy atom. The molecule has 1 unspecified atom stereocenters. The zero-order valence-corrected chi connectivity index (χ0v) is 44.3. The molecule has 1 fully saturated rings. The van der Waals surface area contributed by atoms with Crippen LogP contribution in [0.15, 0.2) is 53.0 Å². The molecule has 4 rings (SSSR count). The van der Waals surface area contributed by atoms with Gasteiger partial charge in [0.1, 0.15) is 21.8 Å². The number of thiazole rings is 1. The molecule has 1 aliphatic rings. The van der Waals surface area contributed by atoms with Gasteiger partial charge in [0.15, 0.2) is 11.9 Å². The zero-order chi connectivity index (χ0) is 51.7. The molecule has 0 aliphatic carbocycles. The van der Waals surface area contributed by atoms with Crippen molar-refractivity contribution in [2.75, 3.05) is 31.7 Å². The third-order valence-electron chi connectivity index (χ3n) is 12.1. The number of rotatable bonds is 27. The molecule has 70 heavy (non-hydrogen) atoms. The van der Waals surface area contributed by atoms with E-state index in [0.29, 0.717) is 35.6 Å². The first-order valence-corrected chi connectivity index (χ1v) is 28.1. The summed E-state index contributed by atoms with van der Waals surface area (Å²) < 4.78 is 22.6. The molecule has 3 aromatic rings. The number of piperidine rings is 1. The van der Waals surface area contributed by atoms with Crippen molar-refractivity contribution in [3.63, 3.8) is 0 Å². The topological polar surface area (TPSA) is 267 Å². The van der Waals surface area contributed by atoms with Gasteiger partial charge in [-0.1, -0.05) is 70.4 Å². The van der Waals surface area contributed by atoms with E-state index in [2.05, 4.69) is 25.9 Å². The van der Waals surface area contributed by atoms with Gasteiger partial charge in [-0.05, 0) is 98.2 Å². The highest BCUT2D eigenvalue weighted by Gasteiger charge is 2.37. The molecular weight excluding hydrogens is 982 g/mol. The second kappa shape index (κ2) is 27.9. The molecule has 6 N–H and O–H groups in total. The number of likely N-dealkylation sites (tertiary alicyclic amines) is 1. The number of esters is 1. The van der Waals surface area contributed by atoms with Gasteiger partial charge in [-0.25, -0.2) is 14.5 Å². The number of likely N-dealkylation sites (N-methyl/N-ethyl adjacent to an activating group) is 2. The first-order valence-electron chi connectivity index (χ1n) is 23.4. The summed E-state index contributed by atoms with van der Waals surface area (Å²) in [6.45, 7) is 11.3. The van der Waals surface area contributed by atoms with Crippen LogP contribution in [0.3, 0.4) is 0 Å². The predicted molar refractivity (Wildman–Crippen MR) is 270 cm³/mol. The number of nitrogens with one attached hydrogen (secondary N) is 3. The van der Waals surface area contributed by atoms with E-state index in [1.807, 2.05) is 57.8 Å². The number of benzene rings is 1. The number of carboxylic acids is 1. The summed E-state index contributed by atoms with van der Waals surface area (Å²) in [5, 5.41) is 21.1. The Kier molecular flexibility index (Phi) is 23.1. The average molecular weight is 1050 g/mol. The van der Waals surface area contributed by atoms with Gasteiger partial charge in [0.05, 0.1) is 17.6 Å². The molecule has 0 spiro atoms. The lowest BCUT2D eigenvalue weighted by atomic mass is 9.92. The quantitative estimate of drug-likeness (QED) is 0.0192. The van der Waals surface area contributed by atoms with E-state index in [1.165, 1.54) is 59.0 Å². The van der Waals surface area contributed by atoms with E-state index >= 15 is 0 Å². The van der Waals surface area contributed by atoms with Gasteiger partial charge in [-0.3, -0.25) is 43.5 Å². The number of nitrogens with zero attached hydrogens (tertiary/aromatic N) is 4. The van der Waals surface area contributed by atoms with Crippen molar-refractivity contribution in [1.29, 1.82) is 0 Å². The molecular formula is C47H68N7O12PS3. The monoisotopic (exact) mass is 1050 g/mol. The number of hydrogen-bond donors (Lipinski definition) is 6. The van der Waals surface area contributed by atoms with Crippen LogP contribution in [-0.4, -0.2) is 121 Å². The maximum atomic E-state index is 14.3. The highest BCUT2D eigenvalue weighted by molar-refractivity contribution is 8.76. The van der Waals surface area contributed by atoms with Crippen LogP contribution in [0.5, 0.6) is 5.75 Å². The van der Waals surface area contributed by atoms with Crippen molar-refractivity contribution < 1.29 is 57.5 Å². The lowest BCUT2D eigenvalue weighted by Crippen LogP contribution is -2.58. The molecule has 4 amide bonds. The first-order chi connectivity index (χ1) is 33.1. The van der Waals surface area contributed by atoms with Crippen LogP contribution in [0, 0.1) is 17.8 Å². The largest absolute Gasteiger partial charge is 0.524 e. The van der Waals surface area contributed by atoms with Crippen LogP contribution < -0.4 is 20.5 Å². The minimum Gasteiger partial charge on any atom is -0.481 e. The van der Waals surface area contributed by atoms with Gasteiger partial charge in [-0.15, -0.1) is 11.3 Å². The number of hydrogen-bond acceptors (Lipinski definition) is 15. The van der Waals surface area contributed by atoms with E-state index in [0.717, 1.165) is 35.7 Å². The van der Waals surface area contributed by atoms with Crippen molar-refractivity contribution in [3.8, 4) is 5.75 Å². The fraction of sp³-hybridized carbons (Fsp3) is 0.574. The Balaban J connectivity index is 1.52. The SMILES string of the molecule is CC[C@H](C)[C@H](NC(=O)[C@H]1CCCCN1C)C(=O)N(C)[C@H](C[C@@H](OC(C)=O)c1nc(C(=O)N[C@@H](Cc2ccc(OP(=O)(O)O)c(NC(=O)CCCSSc3ccccn3)c2)CC(C)C(=O)O)cs1)C(C)C. The smallest absolute Gasteiger partial charge is 0.481 e. The van der Waals surface area contributed by atoms with Crippen molar-refractivity contribution in [2.45, 2.75) is 135 Å². The molecule has 0 radical (unpaired) electrons.